The van der Waals surface area contributed by atoms with Gasteiger partial charge in [-0.1, -0.05) is 6.07 Å². The van der Waals surface area contributed by atoms with Crippen LogP contribution in [0.3, 0.4) is 0 Å². The first-order chi connectivity index (χ1) is 14.6. The number of nitrogens with one attached hydrogen (secondary N) is 3. The Morgan fingerprint density at radius 2 is 2.13 bits per heavy atom. The zero-order chi connectivity index (χ0) is 20.7. The maximum absolute atomic E-state index is 11.9. The first-order valence-corrected chi connectivity index (χ1v) is 9.13. The van der Waals surface area contributed by atoms with Gasteiger partial charge < -0.3 is 15.4 Å². The Bertz CT molecular complexity index is 1270. The van der Waals surface area contributed by atoms with Gasteiger partial charge in [-0.25, -0.2) is 4.79 Å². The highest BCUT2D eigenvalue weighted by molar-refractivity contribution is 6.14. The molecule has 0 unspecified atom stereocenters. The summed E-state index contributed by atoms with van der Waals surface area (Å²) in [4.78, 5) is 32.0. The molecule has 3 heterocycles. The quantitative estimate of drug-likeness (QED) is 0.430. The van der Waals surface area contributed by atoms with E-state index in [1.54, 1.807) is 24.3 Å². The molecule has 5 rings (SSSR count). The number of carbonyl (C=O) groups is 2. The molecule has 0 spiro atoms. The Hall–Kier alpha value is -4.46. The van der Waals surface area contributed by atoms with E-state index in [9.17, 15) is 9.59 Å². The van der Waals surface area contributed by atoms with Gasteiger partial charge in [-0.3, -0.25) is 10.1 Å². The van der Waals surface area contributed by atoms with Gasteiger partial charge in [0.25, 0.3) is 5.91 Å². The van der Waals surface area contributed by atoms with Gasteiger partial charge in [0.05, 0.1) is 17.8 Å². The molecule has 2 aromatic heterocycles. The third kappa shape index (κ3) is 3.37. The second kappa shape index (κ2) is 6.85. The highest BCUT2D eigenvalue weighted by Crippen LogP contribution is 2.27. The van der Waals surface area contributed by atoms with E-state index in [2.05, 4.69) is 37.1 Å². The second-order valence-corrected chi connectivity index (χ2v) is 6.79. The largest absolute Gasteiger partial charge is 0.424 e. The topological polar surface area (TPSA) is 146 Å². The minimum absolute atomic E-state index is 0.0563. The van der Waals surface area contributed by atoms with Crippen LogP contribution in [-0.4, -0.2) is 37.6 Å². The van der Waals surface area contributed by atoms with Crippen molar-refractivity contribution in [3.8, 4) is 17.8 Å². The number of hydrogen-bond donors (Lipinski definition) is 3. The summed E-state index contributed by atoms with van der Waals surface area (Å²) in [5, 5.41) is 21.2. The lowest BCUT2D eigenvalue weighted by molar-refractivity contribution is -0.115. The molecule has 0 radical (unpaired) electrons. The minimum Gasteiger partial charge on any atom is -0.424 e. The third-order valence-electron chi connectivity index (χ3n) is 4.48. The predicted octanol–water partition coefficient (Wildman–Crippen LogP) is 1.54. The summed E-state index contributed by atoms with van der Waals surface area (Å²) < 4.78 is 7.29. The zero-order valence-electron chi connectivity index (χ0n) is 15.4. The molecule has 1 aliphatic heterocycles. The average Bonchev–Trinajstić information content (AvgIpc) is 3.37. The van der Waals surface area contributed by atoms with E-state index in [4.69, 9.17) is 10.00 Å². The Morgan fingerprint density at radius 1 is 1.27 bits per heavy atom. The van der Waals surface area contributed by atoms with Crippen molar-refractivity contribution in [3.63, 3.8) is 0 Å². The van der Waals surface area contributed by atoms with E-state index >= 15 is 0 Å². The van der Waals surface area contributed by atoms with Crippen molar-refractivity contribution < 1.29 is 14.3 Å². The summed E-state index contributed by atoms with van der Waals surface area (Å²) in [6.45, 7) is 0. The number of anilines is 1. The Labute approximate surface area is 169 Å². The minimum atomic E-state index is -0.588. The highest BCUT2D eigenvalue weighted by atomic mass is 16.5. The monoisotopic (exact) mass is 402 g/mol. The molecule has 3 amide bonds. The first-order valence-electron chi connectivity index (χ1n) is 9.13. The van der Waals surface area contributed by atoms with Crippen LogP contribution < -0.4 is 20.7 Å². The number of rotatable bonds is 5. The van der Waals surface area contributed by atoms with Crippen LogP contribution in [0.4, 0.5) is 10.7 Å². The molecule has 11 heteroatoms. The zero-order valence-corrected chi connectivity index (χ0v) is 15.4. The third-order valence-corrected chi connectivity index (χ3v) is 4.48. The number of benzene rings is 1. The average molecular weight is 402 g/mol. The Kier molecular flexibility index (Phi) is 4.03. The number of carbonyl (C=O) groups excluding carboxylic acids is 2. The molecule has 0 atom stereocenters. The molecule has 2 aliphatic rings. The van der Waals surface area contributed by atoms with Crippen LogP contribution >= 0.6 is 0 Å². The smallest absolute Gasteiger partial charge is 0.327 e. The molecule has 2 fully saturated rings. The van der Waals surface area contributed by atoms with Gasteiger partial charge in [0.15, 0.2) is 5.65 Å². The van der Waals surface area contributed by atoms with Crippen molar-refractivity contribution in [2.24, 2.45) is 0 Å². The first kappa shape index (κ1) is 17.6. The van der Waals surface area contributed by atoms with Crippen molar-refractivity contribution in [2.45, 2.75) is 18.9 Å². The summed E-state index contributed by atoms with van der Waals surface area (Å²) in [5.74, 6) is 0.325. The number of fused-ring (bicyclic) bond motifs is 1. The molecule has 1 aromatic carbocycles. The number of urea groups is 1. The number of aromatic nitrogens is 4. The SMILES string of the molecule is N#Cc1cccc(Oc2nc(NC3CC3)n3ncc(/C=C4\NC(=O)NC4=O)c3n2)c1. The molecular weight excluding hydrogens is 388 g/mol. The van der Waals surface area contributed by atoms with Crippen molar-refractivity contribution >= 4 is 29.6 Å². The second-order valence-electron chi connectivity index (χ2n) is 6.79. The van der Waals surface area contributed by atoms with Gasteiger partial charge in [-0.15, -0.1) is 0 Å². The van der Waals surface area contributed by atoms with Crippen molar-refractivity contribution in [1.29, 1.82) is 5.26 Å². The van der Waals surface area contributed by atoms with E-state index in [1.807, 2.05) is 0 Å². The fourth-order valence-corrected chi connectivity index (χ4v) is 2.90. The lowest BCUT2D eigenvalue weighted by atomic mass is 10.2. The van der Waals surface area contributed by atoms with Crippen LogP contribution in [0.15, 0.2) is 36.2 Å². The normalized spacial score (nSPS) is 17.0. The van der Waals surface area contributed by atoms with Gasteiger partial charge in [0, 0.05) is 11.6 Å². The summed E-state index contributed by atoms with van der Waals surface area (Å²) in [7, 11) is 0. The van der Waals surface area contributed by atoms with Gasteiger partial charge in [-0.2, -0.15) is 24.8 Å². The van der Waals surface area contributed by atoms with Crippen LogP contribution in [0.5, 0.6) is 11.8 Å². The molecule has 30 heavy (non-hydrogen) atoms. The van der Waals surface area contributed by atoms with Gasteiger partial charge in [0.1, 0.15) is 11.4 Å². The molecule has 148 valence electrons. The van der Waals surface area contributed by atoms with Crippen LogP contribution in [-0.2, 0) is 4.79 Å². The number of ether oxygens (including phenoxy) is 1. The predicted molar refractivity (Wildman–Crippen MR) is 103 cm³/mol. The van der Waals surface area contributed by atoms with Gasteiger partial charge in [0.2, 0.25) is 5.95 Å². The van der Waals surface area contributed by atoms with Gasteiger partial charge >= 0.3 is 12.0 Å². The van der Waals surface area contributed by atoms with E-state index in [1.165, 1.54) is 16.8 Å². The number of hydrogen-bond acceptors (Lipinski definition) is 8. The molecule has 3 N–H and O–H groups in total. The standard InChI is InChI=1S/C19H14N8O3/c20-8-10-2-1-3-13(6-10)30-19-24-15-11(7-14-16(28)25-18(29)23-14)9-21-27(15)17(26-19)22-12-4-5-12/h1-3,6-7,9,12H,4-5H2,(H,22,24,26)(H2,23,25,28,29)/b14-7-. The van der Waals surface area contributed by atoms with Crippen LogP contribution in [0.2, 0.25) is 0 Å². The summed E-state index contributed by atoms with van der Waals surface area (Å²) in [6.07, 6.45) is 5.05. The van der Waals surface area contributed by atoms with E-state index < -0.39 is 11.9 Å². The van der Waals surface area contributed by atoms with E-state index in [0.29, 0.717) is 34.5 Å². The molecular formula is C19H14N8O3. The molecule has 1 saturated heterocycles. The number of amides is 3. The molecule has 11 nitrogen and oxygen atoms in total. The summed E-state index contributed by atoms with van der Waals surface area (Å²) in [5.41, 5.74) is 1.43. The lowest BCUT2D eigenvalue weighted by Crippen LogP contribution is -2.22. The number of nitriles is 1. The van der Waals surface area contributed by atoms with Crippen molar-refractivity contribution in [2.75, 3.05) is 5.32 Å². The molecule has 1 aliphatic carbocycles. The number of nitrogens with zero attached hydrogens (tertiary/aromatic N) is 5. The Balaban J connectivity index is 1.57. The van der Waals surface area contributed by atoms with Crippen molar-refractivity contribution in [1.82, 2.24) is 30.2 Å². The lowest BCUT2D eigenvalue weighted by Gasteiger charge is -2.09. The fraction of sp³-hybridized carbons (Fsp3) is 0.158. The maximum Gasteiger partial charge on any atom is 0.327 e. The summed E-state index contributed by atoms with van der Waals surface area (Å²) in [6, 6.07) is 8.46. The van der Waals surface area contributed by atoms with Crippen LogP contribution in [0.1, 0.15) is 24.0 Å². The van der Waals surface area contributed by atoms with Crippen LogP contribution in [0, 0.1) is 11.3 Å². The number of imide groups is 1. The van der Waals surface area contributed by atoms with Gasteiger partial charge in [-0.05, 0) is 37.1 Å². The highest BCUT2D eigenvalue weighted by Gasteiger charge is 2.26. The van der Waals surface area contributed by atoms with E-state index in [-0.39, 0.29) is 11.7 Å². The Morgan fingerprint density at radius 3 is 2.87 bits per heavy atom. The van der Waals surface area contributed by atoms with Crippen molar-refractivity contribution in [3.05, 3.63) is 47.3 Å². The van der Waals surface area contributed by atoms with E-state index in [0.717, 1.165) is 12.8 Å². The molecule has 0 bridgehead atoms. The fourth-order valence-electron chi connectivity index (χ4n) is 2.90. The molecule has 3 aromatic rings. The summed E-state index contributed by atoms with van der Waals surface area (Å²) >= 11 is 0. The van der Waals surface area contributed by atoms with Crippen LogP contribution in [0.25, 0.3) is 11.7 Å². The maximum atomic E-state index is 11.9. The molecule has 1 saturated carbocycles.